The monoisotopic (exact) mass is 344 g/mol. The lowest BCUT2D eigenvalue weighted by Gasteiger charge is -2.44. The average Bonchev–Trinajstić information content (AvgIpc) is 3.04. The van der Waals surface area contributed by atoms with Crippen molar-refractivity contribution in [2.45, 2.75) is 31.4 Å². The van der Waals surface area contributed by atoms with E-state index < -0.39 is 5.97 Å². The minimum Gasteiger partial charge on any atom is -0.477 e. The highest BCUT2D eigenvalue weighted by Crippen LogP contribution is 2.44. The Morgan fingerprint density at radius 2 is 2.08 bits per heavy atom. The molecule has 0 unspecified atom stereocenters. The van der Waals surface area contributed by atoms with Crippen molar-refractivity contribution in [1.82, 2.24) is 9.88 Å². The Bertz CT molecular complexity index is 736. The normalized spacial score (nSPS) is 20.0. The molecule has 0 saturated carbocycles. The van der Waals surface area contributed by atoms with E-state index in [4.69, 9.17) is 4.74 Å². The molecule has 0 radical (unpaired) electrons. The molecule has 126 valence electrons. The minimum absolute atomic E-state index is 0.285. The summed E-state index contributed by atoms with van der Waals surface area (Å²) in [6, 6.07) is 5.95. The van der Waals surface area contributed by atoms with E-state index >= 15 is 0 Å². The van der Waals surface area contributed by atoms with Crippen LogP contribution in [0, 0.1) is 0 Å². The molecule has 0 atom stereocenters. The lowest BCUT2D eigenvalue weighted by Crippen LogP contribution is -2.45. The molecule has 1 saturated heterocycles. The highest BCUT2D eigenvalue weighted by Gasteiger charge is 2.42. The van der Waals surface area contributed by atoms with E-state index in [2.05, 4.69) is 22.0 Å². The van der Waals surface area contributed by atoms with Crippen LogP contribution in [-0.2, 0) is 23.3 Å². The molecule has 1 fully saturated rings. The van der Waals surface area contributed by atoms with Crippen molar-refractivity contribution < 1.29 is 14.6 Å². The lowest BCUT2D eigenvalue weighted by molar-refractivity contribution is -0.0980. The number of aromatic nitrogens is 1. The number of hydrogen-bond donors (Lipinski definition) is 1. The summed E-state index contributed by atoms with van der Waals surface area (Å²) in [5, 5.41) is 9.28. The second kappa shape index (κ2) is 6.27. The zero-order chi connectivity index (χ0) is 16.6. The number of ether oxygens (including phenoxy) is 1. The molecular formula is C18H20N2O3S. The van der Waals surface area contributed by atoms with Gasteiger partial charge in [-0.3, -0.25) is 9.88 Å². The molecule has 2 aliphatic heterocycles. The third kappa shape index (κ3) is 2.85. The SMILES string of the molecule is O=C(O)c1cc2c(s1)CCOC21CCN(Cc2ccncc2)CC1. The number of nitrogens with zero attached hydrogens (tertiary/aromatic N) is 2. The van der Waals surface area contributed by atoms with Crippen LogP contribution < -0.4 is 0 Å². The third-order valence-corrected chi connectivity index (χ3v) is 6.22. The second-order valence-corrected chi connectivity index (χ2v) is 7.61. The molecule has 0 aliphatic carbocycles. The van der Waals surface area contributed by atoms with Gasteiger partial charge in [0.05, 0.1) is 12.2 Å². The van der Waals surface area contributed by atoms with Gasteiger partial charge in [0.1, 0.15) is 4.88 Å². The fourth-order valence-corrected chi connectivity index (χ4v) is 4.82. The highest BCUT2D eigenvalue weighted by molar-refractivity contribution is 7.14. The van der Waals surface area contributed by atoms with Crippen molar-refractivity contribution in [2.24, 2.45) is 0 Å². The van der Waals surface area contributed by atoms with Crippen molar-refractivity contribution in [2.75, 3.05) is 19.7 Å². The largest absolute Gasteiger partial charge is 0.477 e. The summed E-state index contributed by atoms with van der Waals surface area (Å²) in [6.45, 7) is 3.53. The van der Waals surface area contributed by atoms with Gasteiger partial charge in [0.15, 0.2) is 0 Å². The molecule has 2 aromatic rings. The molecule has 0 bridgehead atoms. The Morgan fingerprint density at radius 3 is 2.79 bits per heavy atom. The number of likely N-dealkylation sites (tertiary alicyclic amines) is 1. The topological polar surface area (TPSA) is 62.7 Å². The first-order chi connectivity index (χ1) is 11.7. The van der Waals surface area contributed by atoms with Crippen LogP contribution >= 0.6 is 11.3 Å². The van der Waals surface area contributed by atoms with Gasteiger partial charge in [0.2, 0.25) is 0 Å². The van der Waals surface area contributed by atoms with Gasteiger partial charge in [-0.2, -0.15) is 0 Å². The summed E-state index contributed by atoms with van der Waals surface area (Å²) in [6.07, 6.45) is 6.32. The van der Waals surface area contributed by atoms with E-state index in [-0.39, 0.29) is 5.60 Å². The average molecular weight is 344 g/mol. The van der Waals surface area contributed by atoms with E-state index in [1.54, 1.807) is 0 Å². The Balaban J connectivity index is 1.50. The van der Waals surface area contributed by atoms with E-state index in [1.807, 2.05) is 18.5 Å². The lowest BCUT2D eigenvalue weighted by atomic mass is 9.82. The minimum atomic E-state index is -0.834. The maximum Gasteiger partial charge on any atom is 0.345 e. The number of rotatable bonds is 3. The maximum atomic E-state index is 11.3. The summed E-state index contributed by atoms with van der Waals surface area (Å²) in [5.41, 5.74) is 2.11. The van der Waals surface area contributed by atoms with Crippen LogP contribution in [0.5, 0.6) is 0 Å². The molecule has 2 aliphatic rings. The smallest absolute Gasteiger partial charge is 0.345 e. The summed E-state index contributed by atoms with van der Waals surface area (Å²) >= 11 is 1.41. The molecule has 0 amide bonds. The summed E-state index contributed by atoms with van der Waals surface area (Å²) in [7, 11) is 0. The number of pyridine rings is 1. The van der Waals surface area contributed by atoms with E-state index in [0.717, 1.165) is 44.5 Å². The molecule has 6 heteroatoms. The van der Waals surface area contributed by atoms with Gasteiger partial charge in [-0.15, -0.1) is 11.3 Å². The number of carbonyl (C=O) groups is 1. The van der Waals surface area contributed by atoms with E-state index in [0.29, 0.717) is 11.5 Å². The van der Waals surface area contributed by atoms with Gasteiger partial charge in [-0.1, -0.05) is 0 Å². The number of piperidine rings is 1. The van der Waals surface area contributed by atoms with Crippen molar-refractivity contribution in [3.8, 4) is 0 Å². The van der Waals surface area contributed by atoms with Crippen LogP contribution in [0.15, 0.2) is 30.6 Å². The molecule has 5 nitrogen and oxygen atoms in total. The Labute approximate surface area is 144 Å². The van der Waals surface area contributed by atoms with Gasteiger partial charge in [-0.25, -0.2) is 4.79 Å². The fourth-order valence-electron chi connectivity index (χ4n) is 3.75. The van der Waals surface area contributed by atoms with Crippen LogP contribution in [0.2, 0.25) is 0 Å². The Morgan fingerprint density at radius 1 is 1.33 bits per heavy atom. The quantitative estimate of drug-likeness (QED) is 0.928. The predicted molar refractivity (Wildman–Crippen MR) is 91.4 cm³/mol. The van der Waals surface area contributed by atoms with E-state index in [9.17, 15) is 9.90 Å². The van der Waals surface area contributed by atoms with Crippen molar-refractivity contribution >= 4 is 17.3 Å². The van der Waals surface area contributed by atoms with Crippen LogP contribution in [-0.4, -0.2) is 40.7 Å². The summed E-state index contributed by atoms with van der Waals surface area (Å²) in [4.78, 5) is 19.4. The van der Waals surface area contributed by atoms with Gasteiger partial charge in [0.25, 0.3) is 0 Å². The third-order valence-electron chi connectivity index (χ3n) is 5.04. The zero-order valence-corrected chi connectivity index (χ0v) is 14.2. The number of hydrogen-bond acceptors (Lipinski definition) is 5. The first-order valence-corrected chi connectivity index (χ1v) is 9.10. The molecule has 1 spiro atoms. The van der Waals surface area contributed by atoms with Crippen LogP contribution in [0.1, 0.15) is 38.5 Å². The van der Waals surface area contributed by atoms with Gasteiger partial charge in [-0.05, 0) is 42.2 Å². The standard InChI is InChI=1S/C18H20N2O3S/c21-17(22)16-11-14-15(24-16)3-10-23-18(14)4-8-20(9-5-18)12-13-1-6-19-7-2-13/h1-2,6-7,11H,3-5,8-10,12H2,(H,21,22). The molecule has 2 aromatic heterocycles. The van der Waals surface area contributed by atoms with Gasteiger partial charge >= 0.3 is 5.97 Å². The molecule has 4 heterocycles. The highest BCUT2D eigenvalue weighted by atomic mass is 32.1. The zero-order valence-electron chi connectivity index (χ0n) is 13.4. The number of aromatic carboxylic acids is 1. The molecule has 4 rings (SSSR count). The summed E-state index contributed by atoms with van der Waals surface area (Å²) < 4.78 is 6.20. The van der Waals surface area contributed by atoms with Crippen LogP contribution in [0.3, 0.4) is 0 Å². The van der Waals surface area contributed by atoms with Crippen molar-refractivity contribution in [3.05, 3.63) is 51.5 Å². The van der Waals surface area contributed by atoms with Crippen LogP contribution in [0.25, 0.3) is 0 Å². The predicted octanol–water partition coefficient (Wildman–Crippen LogP) is 2.91. The van der Waals surface area contributed by atoms with E-state index in [1.165, 1.54) is 21.8 Å². The second-order valence-electron chi connectivity index (χ2n) is 6.48. The first-order valence-electron chi connectivity index (χ1n) is 8.28. The van der Waals surface area contributed by atoms with Crippen molar-refractivity contribution in [1.29, 1.82) is 0 Å². The molecule has 1 N–H and O–H groups in total. The number of carboxylic acids is 1. The molecule has 24 heavy (non-hydrogen) atoms. The number of thiophene rings is 1. The maximum absolute atomic E-state index is 11.3. The van der Waals surface area contributed by atoms with Gasteiger partial charge < -0.3 is 9.84 Å². The molecule has 0 aromatic carbocycles. The number of fused-ring (bicyclic) bond motifs is 2. The van der Waals surface area contributed by atoms with Gasteiger partial charge in [0, 0.05) is 43.3 Å². The Kier molecular flexibility index (Phi) is 4.12. The molecular weight excluding hydrogens is 324 g/mol. The number of carboxylic acid groups (broad SMARTS) is 1. The van der Waals surface area contributed by atoms with Crippen LogP contribution in [0.4, 0.5) is 0 Å². The Hall–Kier alpha value is -1.76. The first kappa shape index (κ1) is 15.7. The summed E-state index contributed by atoms with van der Waals surface area (Å²) in [5.74, 6) is -0.834. The fraction of sp³-hybridized carbons (Fsp3) is 0.444. The van der Waals surface area contributed by atoms with Crippen molar-refractivity contribution in [3.63, 3.8) is 0 Å².